The molecule has 1 aromatic rings. The van der Waals surface area contributed by atoms with Crippen LogP contribution in [0.1, 0.15) is 18.9 Å². The summed E-state index contributed by atoms with van der Waals surface area (Å²) in [6.45, 7) is 2.04. The largest absolute Gasteiger partial charge is 0.497 e. The number of hydrogen-bond donors (Lipinski definition) is 0. The second-order valence-electron chi connectivity index (χ2n) is 3.05. The molecule has 78 valence electrons. The Morgan fingerprint density at radius 1 is 1.21 bits per heavy atom. The molecule has 0 aromatic heterocycles. The molecule has 0 aliphatic carbocycles. The van der Waals surface area contributed by atoms with Crippen molar-refractivity contribution in [1.82, 2.24) is 0 Å². The zero-order chi connectivity index (χ0) is 10.6. The van der Waals surface area contributed by atoms with Crippen molar-refractivity contribution in [1.29, 1.82) is 0 Å². The molecule has 2 nitrogen and oxygen atoms in total. The number of aryl methyl sites for hydroxylation is 1. The summed E-state index contributed by atoms with van der Waals surface area (Å²) in [5, 5.41) is 0. The normalized spacial score (nSPS) is 10.0. The topological polar surface area (TPSA) is 18.5 Å². The summed E-state index contributed by atoms with van der Waals surface area (Å²) >= 11 is 0. The molecule has 0 atom stereocenters. The van der Waals surface area contributed by atoms with E-state index in [1.54, 1.807) is 0 Å². The van der Waals surface area contributed by atoms with E-state index < -0.39 is 0 Å². The SMILES string of the molecule is CCCc1cc(OC)cc(F)c1OC. The van der Waals surface area contributed by atoms with Gasteiger partial charge in [0, 0.05) is 11.6 Å². The van der Waals surface area contributed by atoms with Crippen molar-refractivity contribution in [3.05, 3.63) is 23.5 Å². The zero-order valence-electron chi connectivity index (χ0n) is 8.76. The van der Waals surface area contributed by atoms with Gasteiger partial charge in [0.1, 0.15) is 5.75 Å². The third-order valence-electron chi connectivity index (χ3n) is 2.05. The van der Waals surface area contributed by atoms with Gasteiger partial charge in [-0.25, -0.2) is 4.39 Å². The highest BCUT2D eigenvalue weighted by atomic mass is 19.1. The lowest BCUT2D eigenvalue weighted by atomic mass is 10.1. The highest BCUT2D eigenvalue weighted by molar-refractivity contribution is 5.41. The lowest BCUT2D eigenvalue weighted by molar-refractivity contribution is 0.372. The van der Waals surface area contributed by atoms with Crippen molar-refractivity contribution in [3.63, 3.8) is 0 Å². The minimum atomic E-state index is -0.365. The molecular weight excluding hydrogens is 183 g/mol. The predicted octanol–water partition coefficient (Wildman–Crippen LogP) is 2.80. The third kappa shape index (κ3) is 2.16. The molecule has 0 saturated heterocycles. The third-order valence-corrected chi connectivity index (χ3v) is 2.05. The summed E-state index contributed by atoms with van der Waals surface area (Å²) in [6.07, 6.45) is 1.74. The van der Waals surface area contributed by atoms with Crippen molar-refractivity contribution in [2.45, 2.75) is 19.8 Å². The molecule has 0 fully saturated rings. The Balaban J connectivity index is 3.13. The summed E-state index contributed by atoms with van der Waals surface area (Å²) in [6, 6.07) is 3.14. The number of methoxy groups -OCH3 is 2. The molecule has 0 saturated carbocycles. The lowest BCUT2D eigenvalue weighted by Gasteiger charge is -2.10. The minimum Gasteiger partial charge on any atom is -0.497 e. The van der Waals surface area contributed by atoms with E-state index in [1.807, 2.05) is 13.0 Å². The Morgan fingerprint density at radius 3 is 2.43 bits per heavy atom. The van der Waals surface area contributed by atoms with Crippen LogP contribution in [0.4, 0.5) is 4.39 Å². The Hall–Kier alpha value is -1.25. The Bertz CT molecular complexity index is 310. The van der Waals surface area contributed by atoms with E-state index >= 15 is 0 Å². The van der Waals surface area contributed by atoms with Crippen LogP contribution in [0.2, 0.25) is 0 Å². The maximum absolute atomic E-state index is 13.4. The fraction of sp³-hybridized carbons (Fsp3) is 0.455. The van der Waals surface area contributed by atoms with Crippen LogP contribution in [-0.2, 0) is 6.42 Å². The standard InChI is InChI=1S/C11H15FO2/c1-4-5-8-6-9(13-2)7-10(12)11(8)14-3/h6-7H,4-5H2,1-3H3. The first kappa shape index (κ1) is 10.8. The van der Waals surface area contributed by atoms with Gasteiger partial charge in [0.15, 0.2) is 11.6 Å². The molecule has 0 bridgehead atoms. The first-order valence-electron chi connectivity index (χ1n) is 4.63. The monoisotopic (exact) mass is 198 g/mol. The van der Waals surface area contributed by atoms with Gasteiger partial charge in [-0.05, 0) is 12.5 Å². The van der Waals surface area contributed by atoms with Crippen LogP contribution in [0.15, 0.2) is 12.1 Å². The van der Waals surface area contributed by atoms with Crippen molar-refractivity contribution in [2.24, 2.45) is 0 Å². The summed E-state index contributed by atoms with van der Waals surface area (Å²) < 4.78 is 23.4. The number of halogens is 1. The summed E-state index contributed by atoms with van der Waals surface area (Å²) in [5.41, 5.74) is 0.854. The highest BCUT2D eigenvalue weighted by Gasteiger charge is 2.10. The first-order valence-corrected chi connectivity index (χ1v) is 4.63. The van der Waals surface area contributed by atoms with Gasteiger partial charge in [-0.3, -0.25) is 0 Å². The Kier molecular flexibility index (Phi) is 3.74. The summed E-state index contributed by atoms with van der Waals surface area (Å²) in [4.78, 5) is 0. The van der Waals surface area contributed by atoms with Gasteiger partial charge in [0.25, 0.3) is 0 Å². The van der Waals surface area contributed by atoms with Crippen molar-refractivity contribution < 1.29 is 13.9 Å². The van der Waals surface area contributed by atoms with Crippen LogP contribution in [-0.4, -0.2) is 14.2 Å². The van der Waals surface area contributed by atoms with E-state index in [4.69, 9.17) is 9.47 Å². The average molecular weight is 198 g/mol. The van der Waals surface area contributed by atoms with E-state index in [9.17, 15) is 4.39 Å². The number of ether oxygens (including phenoxy) is 2. The van der Waals surface area contributed by atoms with E-state index in [1.165, 1.54) is 20.3 Å². The molecule has 1 rings (SSSR count). The van der Waals surface area contributed by atoms with Crippen LogP contribution in [0.3, 0.4) is 0 Å². The lowest BCUT2D eigenvalue weighted by Crippen LogP contribution is -1.97. The fourth-order valence-corrected chi connectivity index (χ4v) is 1.42. The van der Waals surface area contributed by atoms with Crippen LogP contribution in [0.5, 0.6) is 11.5 Å². The van der Waals surface area contributed by atoms with Gasteiger partial charge >= 0.3 is 0 Å². The van der Waals surface area contributed by atoms with Gasteiger partial charge in [-0.1, -0.05) is 13.3 Å². The second-order valence-corrected chi connectivity index (χ2v) is 3.05. The molecular formula is C11H15FO2. The van der Waals surface area contributed by atoms with E-state index in [0.717, 1.165) is 18.4 Å². The molecule has 3 heteroatoms. The predicted molar refractivity (Wildman–Crippen MR) is 53.5 cm³/mol. The number of benzene rings is 1. The summed E-state index contributed by atoms with van der Waals surface area (Å²) in [5.74, 6) is 0.495. The van der Waals surface area contributed by atoms with E-state index in [2.05, 4.69) is 0 Å². The molecule has 0 spiro atoms. The molecule has 0 unspecified atom stereocenters. The van der Waals surface area contributed by atoms with Gasteiger partial charge in [0.05, 0.1) is 14.2 Å². The number of hydrogen-bond acceptors (Lipinski definition) is 2. The highest BCUT2D eigenvalue weighted by Crippen LogP contribution is 2.28. The molecule has 0 amide bonds. The Labute approximate surface area is 83.6 Å². The molecule has 0 radical (unpaired) electrons. The molecule has 0 N–H and O–H groups in total. The maximum Gasteiger partial charge on any atom is 0.169 e. The second kappa shape index (κ2) is 4.84. The first-order chi connectivity index (χ1) is 6.72. The van der Waals surface area contributed by atoms with Crippen molar-refractivity contribution in [2.75, 3.05) is 14.2 Å². The Morgan fingerprint density at radius 2 is 1.93 bits per heavy atom. The van der Waals surface area contributed by atoms with Gasteiger partial charge in [0.2, 0.25) is 0 Å². The molecule has 0 heterocycles. The molecule has 0 aliphatic heterocycles. The van der Waals surface area contributed by atoms with E-state index in [-0.39, 0.29) is 5.82 Å². The van der Waals surface area contributed by atoms with Crippen LogP contribution in [0, 0.1) is 5.82 Å². The van der Waals surface area contributed by atoms with Gasteiger partial charge in [-0.2, -0.15) is 0 Å². The smallest absolute Gasteiger partial charge is 0.169 e. The minimum absolute atomic E-state index is 0.327. The van der Waals surface area contributed by atoms with E-state index in [0.29, 0.717) is 11.5 Å². The maximum atomic E-state index is 13.4. The van der Waals surface area contributed by atoms with Crippen molar-refractivity contribution >= 4 is 0 Å². The summed E-state index contributed by atoms with van der Waals surface area (Å²) in [7, 11) is 3.00. The van der Waals surface area contributed by atoms with Gasteiger partial charge < -0.3 is 9.47 Å². The number of rotatable bonds is 4. The zero-order valence-corrected chi connectivity index (χ0v) is 8.76. The molecule has 0 aliphatic rings. The van der Waals surface area contributed by atoms with Crippen LogP contribution >= 0.6 is 0 Å². The van der Waals surface area contributed by atoms with Crippen molar-refractivity contribution in [3.8, 4) is 11.5 Å². The van der Waals surface area contributed by atoms with Gasteiger partial charge in [-0.15, -0.1) is 0 Å². The molecule has 1 aromatic carbocycles. The fourth-order valence-electron chi connectivity index (χ4n) is 1.42. The van der Waals surface area contributed by atoms with Crippen LogP contribution in [0.25, 0.3) is 0 Å². The average Bonchev–Trinajstić information content (AvgIpc) is 2.18. The molecule has 14 heavy (non-hydrogen) atoms. The quantitative estimate of drug-likeness (QED) is 0.740. The van der Waals surface area contributed by atoms with Crippen LogP contribution < -0.4 is 9.47 Å².